The zero-order chi connectivity index (χ0) is 12.7. The molecule has 0 radical (unpaired) electrons. The maximum absolute atomic E-state index is 12.0. The zero-order valence-corrected chi connectivity index (χ0v) is 11.3. The highest BCUT2D eigenvalue weighted by Crippen LogP contribution is 2.51. The van der Waals surface area contributed by atoms with E-state index in [2.05, 4.69) is 31.4 Å². The molecule has 1 heterocycles. The summed E-state index contributed by atoms with van der Waals surface area (Å²) in [6.45, 7) is 8.23. The van der Waals surface area contributed by atoms with E-state index in [4.69, 9.17) is 4.74 Å². The average molecular weight is 240 g/mol. The van der Waals surface area contributed by atoms with Crippen LogP contribution in [0.25, 0.3) is 0 Å². The Morgan fingerprint density at radius 1 is 1.41 bits per heavy atom. The van der Waals surface area contributed by atoms with Gasteiger partial charge in [-0.05, 0) is 26.3 Å². The molecule has 1 aliphatic carbocycles. The molecule has 4 heteroatoms. The topological polar surface area (TPSA) is 50.4 Å². The van der Waals surface area contributed by atoms with Crippen molar-refractivity contribution in [3.63, 3.8) is 0 Å². The van der Waals surface area contributed by atoms with E-state index < -0.39 is 0 Å². The molecule has 4 nitrogen and oxygen atoms in total. The summed E-state index contributed by atoms with van der Waals surface area (Å²) in [4.78, 5) is 12.0. The second-order valence-corrected chi connectivity index (χ2v) is 6.11. The second-order valence-electron chi connectivity index (χ2n) is 6.11. The van der Waals surface area contributed by atoms with Crippen LogP contribution in [0.1, 0.15) is 33.6 Å². The van der Waals surface area contributed by atoms with Gasteiger partial charge in [0, 0.05) is 25.1 Å². The van der Waals surface area contributed by atoms with Crippen molar-refractivity contribution in [2.75, 3.05) is 20.2 Å². The lowest BCUT2D eigenvalue weighted by Gasteiger charge is -2.59. The molecule has 0 aromatic carbocycles. The van der Waals surface area contributed by atoms with E-state index in [0.29, 0.717) is 0 Å². The van der Waals surface area contributed by atoms with Gasteiger partial charge in [-0.1, -0.05) is 13.8 Å². The molecular weight excluding hydrogens is 216 g/mol. The van der Waals surface area contributed by atoms with Crippen LogP contribution in [0.2, 0.25) is 0 Å². The van der Waals surface area contributed by atoms with Crippen molar-refractivity contribution in [2.45, 2.75) is 45.3 Å². The average Bonchev–Trinajstić information content (AvgIpc) is 2.81. The third-order valence-corrected chi connectivity index (χ3v) is 5.03. The van der Waals surface area contributed by atoms with Crippen LogP contribution in [0.5, 0.6) is 0 Å². The number of amides is 1. The summed E-state index contributed by atoms with van der Waals surface area (Å²) in [6, 6.07) is 0.237. The molecule has 2 rings (SSSR count). The predicted molar refractivity (Wildman–Crippen MR) is 66.7 cm³/mol. The molecule has 98 valence electrons. The van der Waals surface area contributed by atoms with Gasteiger partial charge in [0.1, 0.15) is 0 Å². The molecule has 1 amide bonds. The normalized spacial score (nSPS) is 39.8. The Labute approximate surface area is 103 Å². The lowest BCUT2D eigenvalue weighted by atomic mass is 9.55. The summed E-state index contributed by atoms with van der Waals surface area (Å²) >= 11 is 0. The number of hydrogen-bond donors (Lipinski definition) is 2. The van der Waals surface area contributed by atoms with E-state index in [9.17, 15) is 4.79 Å². The monoisotopic (exact) mass is 240 g/mol. The van der Waals surface area contributed by atoms with Gasteiger partial charge < -0.3 is 15.4 Å². The van der Waals surface area contributed by atoms with Gasteiger partial charge in [-0.15, -0.1) is 0 Å². The third-order valence-electron chi connectivity index (χ3n) is 5.03. The first-order chi connectivity index (χ1) is 7.90. The van der Waals surface area contributed by atoms with Crippen LogP contribution in [0.3, 0.4) is 0 Å². The lowest BCUT2D eigenvalue weighted by Crippen LogP contribution is -2.69. The van der Waals surface area contributed by atoms with E-state index in [-0.39, 0.29) is 28.9 Å². The number of carbonyl (C=O) groups excluding carboxylic acids is 1. The number of ether oxygens (including phenoxy) is 1. The lowest BCUT2D eigenvalue weighted by molar-refractivity contribution is -0.183. The molecule has 1 saturated carbocycles. The molecule has 0 spiro atoms. The Morgan fingerprint density at radius 2 is 2.12 bits per heavy atom. The van der Waals surface area contributed by atoms with Crippen LogP contribution >= 0.6 is 0 Å². The molecule has 0 aromatic rings. The van der Waals surface area contributed by atoms with Gasteiger partial charge in [0.25, 0.3) is 0 Å². The van der Waals surface area contributed by atoms with Crippen molar-refractivity contribution >= 4 is 5.91 Å². The highest BCUT2D eigenvalue weighted by atomic mass is 16.5. The number of hydrogen-bond acceptors (Lipinski definition) is 3. The fraction of sp³-hybridized carbons (Fsp3) is 0.923. The largest absolute Gasteiger partial charge is 0.378 e. The summed E-state index contributed by atoms with van der Waals surface area (Å²) < 4.78 is 5.56. The Kier molecular flexibility index (Phi) is 3.21. The minimum Gasteiger partial charge on any atom is -0.378 e. The van der Waals surface area contributed by atoms with E-state index >= 15 is 0 Å². The standard InChI is InChI=1S/C13H24N2O2/c1-12(2)10(7-13(12,3)17-4)15-11(16)9-5-6-14-8-9/h9-10,14H,5-8H2,1-4H3,(H,15,16)/t9-,10+,13+/m0/s1. The molecule has 3 atom stereocenters. The Hall–Kier alpha value is -0.610. The molecular formula is C13H24N2O2. The van der Waals surface area contributed by atoms with Crippen LogP contribution in [-0.2, 0) is 9.53 Å². The number of carbonyl (C=O) groups is 1. The smallest absolute Gasteiger partial charge is 0.224 e. The fourth-order valence-corrected chi connectivity index (χ4v) is 2.89. The van der Waals surface area contributed by atoms with E-state index in [0.717, 1.165) is 25.9 Å². The van der Waals surface area contributed by atoms with E-state index in [1.54, 1.807) is 7.11 Å². The van der Waals surface area contributed by atoms with Crippen molar-refractivity contribution in [3.8, 4) is 0 Å². The van der Waals surface area contributed by atoms with Crippen molar-refractivity contribution in [1.82, 2.24) is 10.6 Å². The van der Waals surface area contributed by atoms with Gasteiger partial charge in [-0.25, -0.2) is 0 Å². The van der Waals surface area contributed by atoms with E-state index in [1.165, 1.54) is 0 Å². The fourth-order valence-electron chi connectivity index (χ4n) is 2.89. The van der Waals surface area contributed by atoms with Crippen molar-refractivity contribution in [1.29, 1.82) is 0 Å². The van der Waals surface area contributed by atoms with Crippen molar-refractivity contribution < 1.29 is 9.53 Å². The Bertz CT molecular complexity index is 311. The molecule has 2 fully saturated rings. The van der Waals surface area contributed by atoms with Gasteiger partial charge in [-0.2, -0.15) is 0 Å². The second kappa shape index (κ2) is 4.25. The van der Waals surface area contributed by atoms with Gasteiger partial charge >= 0.3 is 0 Å². The van der Waals surface area contributed by atoms with Gasteiger partial charge in [0.15, 0.2) is 0 Å². The molecule has 17 heavy (non-hydrogen) atoms. The Balaban J connectivity index is 1.91. The quantitative estimate of drug-likeness (QED) is 0.771. The first kappa shape index (κ1) is 12.8. The van der Waals surface area contributed by atoms with Crippen molar-refractivity contribution in [3.05, 3.63) is 0 Å². The molecule has 1 aliphatic heterocycles. The minimum absolute atomic E-state index is 0.00342. The zero-order valence-electron chi connectivity index (χ0n) is 11.3. The van der Waals surface area contributed by atoms with Crippen LogP contribution in [-0.4, -0.2) is 37.7 Å². The molecule has 0 unspecified atom stereocenters. The van der Waals surface area contributed by atoms with Gasteiger partial charge in [0.2, 0.25) is 5.91 Å². The third kappa shape index (κ3) is 1.97. The SMILES string of the molecule is CO[C@]1(C)C[C@@H](NC(=O)[C@H]2CCNC2)C1(C)C. The van der Waals surface area contributed by atoms with Gasteiger partial charge in [-0.3, -0.25) is 4.79 Å². The molecule has 0 bridgehead atoms. The summed E-state index contributed by atoms with van der Waals surface area (Å²) in [5.74, 6) is 0.353. The van der Waals surface area contributed by atoms with Gasteiger partial charge in [0.05, 0.1) is 11.5 Å². The number of rotatable bonds is 3. The predicted octanol–water partition coefficient (Wildman–Crippen LogP) is 0.916. The summed E-state index contributed by atoms with van der Waals surface area (Å²) in [7, 11) is 1.75. The van der Waals surface area contributed by atoms with Crippen LogP contribution in [0.15, 0.2) is 0 Å². The minimum atomic E-state index is -0.112. The summed E-state index contributed by atoms with van der Waals surface area (Å²) in [5.41, 5.74) is -0.109. The highest BCUT2D eigenvalue weighted by Gasteiger charge is 2.58. The summed E-state index contributed by atoms with van der Waals surface area (Å²) in [5, 5.41) is 6.40. The molecule has 1 saturated heterocycles. The maximum Gasteiger partial charge on any atom is 0.224 e. The molecule has 2 N–H and O–H groups in total. The molecule has 2 aliphatic rings. The van der Waals surface area contributed by atoms with Crippen LogP contribution in [0.4, 0.5) is 0 Å². The maximum atomic E-state index is 12.0. The number of methoxy groups -OCH3 is 1. The van der Waals surface area contributed by atoms with E-state index in [1.807, 2.05) is 0 Å². The highest BCUT2D eigenvalue weighted by molar-refractivity contribution is 5.79. The molecule has 0 aromatic heterocycles. The first-order valence-corrected chi connectivity index (χ1v) is 6.47. The van der Waals surface area contributed by atoms with Crippen LogP contribution in [0, 0.1) is 11.3 Å². The first-order valence-electron chi connectivity index (χ1n) is 6.47. The number of nitrogens with one attached hydrogen (secondary N) is 2. The summed E-state index contributed by atoms with van der Waals surface area (Å²) in [6.07, 6.45) is 1.86. The van der Waals surface area contributed by atoms with Crippen molar-refractivity contribution in [2.24, 2.45) is 11.3 Å². The Morgan fingerprint density at radius 3 is 2.59 bits per heavy atom. The van der Waals surface area contributed by atoms with Crippen LogP contribution < -0.4 is 10.6 Å².